The lowest BCUT2D eigenvalue weighted by Crippen LogP contribution is -2.15. The molecule has 0 atom stereocenters. The lowest BCUT2D eigenvalue weighted by atomic mass is 10.3. The molecule has 0 bridgehead atoms. The third kappa shape index (κ3) is 4.79. The summed E-state index contributed by atoms with van der Waals surface area (Å²) in [6.07, 6.45) is 2.14. The summed E-state index contributed by atoms with van der Waals surface area (Å²) < 4.78 is 18.6. The second-order valence-corrected chi connectivity index (χ2v) is 5.19. The molecule has 0 fully saturated rings. The molecule has 2 aromatic carbocycles. The third-order valence-corrected chi connectivity index (χ3v) is 3.50. The quantitative estimate of drug-likeness (QED) is 0.821. The van der Waals surface area contributed by atoms with Crippen molar-refractivity contribution in [2.45, 2.75) is 11.3 Å². The Bertz CT molecular complexity index is 619. The van der Waals surface area contributed by atoms with Crippen molar-refractivity contribution < 1.29 is 13.9 Å². The van der Waals surface area contributed by atoms with Crippen LogP contribution in [0.3, 0.4) is 0 Å². The second kappa shape index (κ2) is 7.69. The van der Waals surface area contributed by atoms with Crippen LogP contribution in [0.1, 0.15) is 6.42 Å². The molecule has 2 aromatic rings. The second-order valence-electron chi connectivity index (χ2n) is 4.31. The van der Waals surface area contributed by atoms with Gasteiger partial charge in [-0.1, -0.05) is 18.2 Å². The first-order valence-corrected chi connectivity index (χ1v) is 7.73. The van der Waals surface area contributed by atoms with E-state index in [9.17, 15) is 9.18 Å². The van der Waals surface area contributed by atoms with Gasteiger partial charge in [0.15, 0.2) is 11.6 Å². The molecular weight excluding hydrogens is 289 g/mol. The van der Waals surface area contributed by atoms with E-state index in [-0.39, 0.29) is 24.7 Å². The topological polar surface area (TPSA) is 38.3 Å². The highest BCUT2D eigenvalue weighted by Gasteiger charge is 2.05. The lowest BCUT2D eigenvalue weighted by Gasteiger charge is -2.08. The van der Waals surface area contributed by atoms with Crippen molar-refractivity contribution in [1.29, 1.82) is 0 Å². The number of para-hydroxylation sites is 1. The number of thioether (sulfide) groups is 1. The summed E-state index contributed by atoms with van der Waals surface area (Å²) in [4.78, 5) is 12.9. The number of benzene rings is 2. The summed E-state index contributed by atoms with van der Waals surface area (Å²) in [5.41, 5.74) is 0.748. The molecule has 21 heavy (non-hydrogen) atoms. The molecule has 0 aliphatic rings. The minimum atomic E-state index is -0.425. The van der Waals surface area contributed by atoms with Gasteiger partial charge in [-0.15, -0.1) is 11.8 Å². The number of rotatable bonds is 6. The molecule has 0 aliphatic heterocycles. The van der Waals surface area contributed by atoms with Gasteiger partial charge in [0, 0.05) is 10.6 Å². The van der Waals surface area contributed by atoms with Crippen LogP contribution in [0.25, 0.3) is 0 Å². The van der Waals surface area contributed by atoms with Gasteiger partial charge in [0.1, 0.15) is 0 Å². The van der Waals surface area contributed by atoms with Gasteiger partial charge in [0.25, 0.3) is 0 Å². The Kier molecular flexibility index (Phi) is 5.63. The first-order valence-electron chi connectivity index (χ1n) is 6.50. The van der Waals surface area contributed by atoms with Gasteiger partial charge in [-0.2, -0.15) is 0 Å². The van der Waals surface area contributed by atoms with Crippen LogP contribution in [0.2, 0.25) is 0 Å². The van der Waals surface area contributed by atoms with Crippen LogP contribution in [-0.2, 0) is 4.79 Å². The van der Waals surface area contributed by atoms with Crippen molar-refractivity contribution in [2.24, 2.45) is 0 Å². The van der Waals surface area contributed by atoms with Gasteiger partial charge in [-0.25, -0.2) is 4.39 Å². The summed E-state index contributed by atoms with van der Waals surface area (Å²) in [5, 5.41) is 2.79. The average molecular weight is 305 g/mol. The number of hydrogen-bond donors (Lipinski definition) is 1. The Balaban J connectivity index is 1.81. The minimum absolute atomic E-state index is 0.134. The molecule has 3 nitrogen and oxygen atoms in total. The largest absolute Gasteiger partial charge is 0.490 e. The Morgan fingerprint density at radius 3 is 2.81 bits per heavy atom. The molecule has 0 radical (unpaired) electrons. The van der Waals surface area contributed by atoms with Crippen molar-refractivity contribution in [1.82, 2.24) is 0 Å². The normalized spacial score (nSPS) is 10.2. The fourth-order valence-electron chi connectivity index (χ4n) is 1.74. The van der Waals surface area contributed by atoms with E-state index in [4.69, 9.17) is 4.74 Å². The minimum Gasteiger partial charge on any atom is -0.490 e. The Hall–Kier alpha value is -2.01. The first-order chi connectivity index (χ1) is 10.2. The van der Waals surface area contributed by atoms with E-state index in [1.807, 2.05) is 30.5 Å². The number of ether oxygens (including phenoxy) is 1. The molecule has 1 N–H and O–H groups in total. The van der Waals surface area contributed by atoms with Crippen molar-refractivity contribution in [3.05, 3.63) is 54.3 Å². The summed E-state index contributed by atoms with van der Waals surface area (Å²) in [6.45, 7) is 0.134. The van der Waals surface area contributed by atoms with Gasteiger partial charge in [0.2, 0.25) is 5.91 Å². The Morgan fingerprint density at radius 1 is 1.24 bits per heavy atom. The number of anilines is 1. The zero-order chi connectivity index (χ0) is 15.1. The summed E-state index contributed by atoms with van der Waals surface area (Å²) in [5.74, 6) is -0.426. The molecule has 2 rings (SSSR count). The first kappa shape index (κ1) is 15.4. The molecule has 0 heterocycles. The number of nitrogens with one attached hydrogen (secondary N) is 1. The molecule has 1 amide bonds. The van der Waals surface area contributed by atoms with Gasteiger partial charge in [-0.3, -0.25) is 4.79 Å². The van der Waals surface area contributed by atoms with E-state index < -0.39 is 5.82 Å². The standard InChI is InChI=1S/C16H16FNO2S/c1-21-13-6-4-5-12(11-13)18-16(19)9-10-20-15-8-3-2-7-14(15)17/h2-8,11H,9-10H2,1H3,(H,18,19). The van der Waals surface area contributed by atoms with Crippen LogP contribution < -0.4 is 10.1 Å². The molecule has 0 unspecified atom stereocenters. The van der Waals surface area contributed by atoms with Gasteiger partial charge >= 0.3 is 0 Å². The van der Waals surface area contributed by atoms with Crippen molar-refractivity contribution in [2.75, 3.05) is 18.2 Å². The van der Waals surface area contributed by atoms with Crippen LogP contribution in [-0.4, -0.2) is 18.8 Å². The number of halogens is 1. The number of carbonyl (C=O) groups is 1. The monoisotopic (exact) mass is 305 g/mol. The maximum absolute atomic E-state index is 13.3. The zero-order valence-electron chi connectivity index (χ0n) is 11.6. The average Bonchev–Trinajstić information content (AvgIpc) is 2.49. The third-order valence-electron chi connectivity index (χ3n) is 2.78. The Labute approximate surface area is 127 Å². The summed E-state index contributed by atoms with van der Waals surface area (Å²) in [6, 6.07) is 13.7. The molecule has 0 saturated heterocycles. The highest BCUT2D eigenvalue weighted by atomic mass is 32.2. The van der Waals surface area contributed by atoms with Gasteiger partial charge in [-0.05, 0) is 36.6 Å². The highest BCUT2D eigenvalue weighted by molar-refractivity contribution is 7.98. The Morgan fingerprint density at radius 2 is 2.05 bits per heavy atom. The number of amides is 1. The predicted molar refractivity (Wildman–Crippen MR) is 83.4 cm³/mol. The zero-order valence-corrected chi connectivity index (χ0v) is 12.5. The lowest BCUT2D eigenvalue weighted by molar-refractivity contribution is -0.116. The number of carbonyl (C=O) groups excluding carboxylic acids is 1. The SMILES string of the molecule is CSc1cccc(NC(=O)CCOc2ccccc2F)c1. The molecule has 110 valence electrons. The van der Waals surface area contributed by atoms with E-state index in [0.717, 1.165) is 10.6 Å². The van der Waals surface area contributed by atoms with Crippen LogP contribution in [0.15, 0.2) is 53.4 Å². The maximum atomic E-state index is 13.3. The smallest absolute Gasteiger partial charge is 0.227 e. The van der Waals surface area contributed by atoms with Crippen LogP contribution >= 0.6 is 11.8 Å². The summed E-state index contributed by atoms with van der Waals surface area (Å²) >= 11 is 1.61. The molecule has 5 heteroatoms. The van der Waals surface area contributed by atoms with Crippen LogP contribution in [0.5, 0.6) is 5.75 Å². The molecule has 0 aliphatic carbocycles. The van der Waals surface area contributed by atoms with Gasteiger partial charge < -0.3 is 10.1 Å². The van der Waals surface area contributed by atoms with Gasteiger partial charge in [0.05, 0.1) is 13.0 Å². The van der Waals surface area contributed by atoms with E-state index in [2.05, 4.69) is 5.32 Å². The van der Waals surface area contributed by atoms with E-state index in [1.54, 1.807) is 23.9 Å². The summed E-state index contributed by atoms with van der Waals surface area (Å²) in [7, 11) is 0. The fourth-order valence-corrected chi connectivity index (χ4v) is 2.20. The van der Waals surface area contributed by atoms with Crippen molar-refractivity contribution in [3.63, 3.8) is 0 Å². The molecule has 0 saturated carbocycles. The van der Waals surface area contributed by atoms with Crippen LogP contribution in [0.4, 0.5) is 10.1 Å². The molecule has 0 aromatic heterocycles. The van der Waals surface area contributed by atoms with Crippen molar-refractivity contribution >= 4 is 23.4 Å². The van der Waals surface area contributed by atoms with Crippen LogP contribution in [0, 0.1) is 5.82 Å². The predicted octanol–water partition coefficient (Wildman–Crippen LogP) is 3.96. The van der Waals surface area contributed by atoms with E-state index in [1.165, 1.54) is 12.1 Å². The van der Waals surface area contributed by atoms with Crippen molar-refractivity contribution in [3.8, 4) is 5.75 Å². The fraction of sp³-hybridized carbons (Fsp3) is 0.188. The molecular formula is C16H16FNO2S. The van der Waals surface area contributed by atoms with E-state index in [0.29, 0.717) is 0 Å². The van der Waals surface area contributed by atoms with E-state index >= 15 is 0 Å². The molecule has 0 spiro atoms. The number of hydrogen-bond acceptors (Lipinski definition) is 3. The highest BCUT2D eigenvalue weighted by Crippen LogP contribution is 2.19. The maximum Gasteiger partial charge on any atom is 0.227 e.